The van der Waals surface area contributed by atoms with Gasteiger partial charge in [-0.05, 0) is 48.7 Å². The first-order chi connectivity index (χ1) is 14.2. The van der Waals surface area contributed by atoms with Gasteiger partial charge in [-0.15, -0.1) is 0 Å². The average Bonchev–Trinajstić information content (AvgIpc) is 3.58. The molecule has 2 aromatic carbocycles. The third-order valence-electron chi connectivity index (χ3n) is 4.54. The van der Waals surface area contributed by atoms with Gasteiger partial charge in [-0.25, -0.2) is 4.98 Å². The summed E-state index contributed by atoms with van der Waals surface area (Å²) in [6.45, 7) is 0.378. The van der Waals surface area contributed by atoms with E-state index in [4.69, 9.17) is 4.74 Å². The number of hydrogen-bond acceptors (Lipinski definition) is 4. The summed E-state index contributed by atoms with van der Waals surface area (Å²) in [5.41, 5.74) is 2.66. The molecule has 6 heteroatoms. The highest BCUT2D eigenvalue weighted by atomic mass is 16.5. The Morgan fingerprint density at radius 3 is 2.41 bits per heavy atom. The number of hydrogen-bond donors (Lipinski definition) is 2. The molecule has 6 nitrogen and oxygen atoms in total. The van der Waals surface area contributed by atoms with Crippen molar-refractivity contribution in [3.63, 3.8) is 0 Å². The number of carbonyl (C=O) groups is 2. The highest BCUT2D eigenvalue weighted by Gasteiger charge is 2.23. The lowest BCUT2D eigenvalue weighted by molar-refractivity contribution is 0.0950. The molecule has 0 atom stereocenters. The van der Waals surface area contributed by atoms with Crippen molar-refractivity contribution in [2.45, 2.75) is 25.5 Å². The van der Waals surface area contributed by atoms with Gasteiger partial charge in [0.15, 0.2) is 0 Å². The van der Waals surface area contributed by atoms with Crippen LogP contribution in [0.15, 0.2) is 72.9 Å². The van der Waals surface area contributed by atoms with E-state index in [1.165, 1.54) is 0 Å². The molecular weight excluding hydrogens is 366 g/mol. The van der Waals surface area contributed by atoms with E-state index in [1.807, 2.05) is 30.3 Å². The molecule has 0 spiro atoms. The first-order valence-corrected chi connectivity index (χ1v) is 9.52. The Hall–Kier alpha value is -3.67. The lowest BCUT2D eigenvalue weighted by Gasteiger charge is -2.09. The number of ether oxygens (including phenoxy) is 1. The van der Waals surface area contributed by atoms with Crippen molar-refractivity contribution >= 4 is 17.5 Å². The summed E-state index contributed by atoms with van der Waals surface area (Å²) in [7, 11) is 0. The molecule has 1 fully saturated rings. The van der Waals surface area contributed by atoms with E-state index < -0.39 is 0 Å². The number of aromatic nitrogens is 1. The molecule has 1 heterocycles. The highest BCUT2D eigenvalue weighted by molar-refractivity contribution is 6.04. The Kier molecular flexibility index (Phi) is 5.52. The van der Waals surface area contributed by atoms with E-state index in [2.05, 4.69) is 15.6 Å². The maximum Gasteiger partial charge on any atom is 0.255 e. The van der Waals surface area contributed by atoms with Crippen LogP contribution in [0.3, 0.4) is 0 Å². The molecule has 1 aliphatic carbocycles. The molecule has 0 aliphatic heterocycles. The standard InChI is InChI=1S/C23H21N3O3/c27-22(25-20-10-11-20)17-6-8-19(9-7-17)26-23(28)18-12-13-24-21(14-18)29-15-16-4-2-1-3-5-16/h1-9,12-14,20H,10-11,15H2,(H,25,27)(H,26,28). The summed E-state index contributed by atoms with van der Waals surface area (Å²) >= 11 is 0. The normalized spacial score (nSPS) is 12.8. The average molecular weight is 387 g/mol. The number of benzene rings is 2. The van der Waals surface area contributed by atoms with Crippen molar-refractivity contribution in [1.82, 2.24) is 10.3 Å². The monoisotopic (exact) mass is 387 g/mol. The minimum absolute atomic E-state index is 0.0836. The third kappa shape index (κ3) is 5.19. The minimum Gasteiger partial charge on any atom is -0.473 e. The van der Waals surface area contributed by atoms with E-state index in [9.17, 15) is 9.59 Å². The van der Waals surface area contributed by atoms with Crippen LogP contribution in [-0.2, 0) is 6.61 Å². The molecular formula is C23H21N3O3. The van der Waals surface area contributed by atoms with Gasteiger partial charge in [-0.1, -0.05) is 30.3 Å². The SMILES string of the molecule is O=C(Nc1ccc(C(=O)NC2CC2)cc1)c1ccnc(OCc2ccccc2)c1. The quantitative estimate of drug-likeness (QED) is 0.646. The fraction of sp³-hybridized carbons (Fsp3) is 0.174. The molecule has 1 saturated carbocycles. The number of carbonyl (C=O) groups excluding carboxylic acids is 2. The number of rotatable bonds is 7. The van der Waals surface area contributed by atoms with E-state index in [-0.39, 0.29) is 11.8 Å². The summed E-state index contributed by atoms with van der Waals surface area (Å²) in [6.07, 6.45) is 3.63. The largest absolute Gasteiger partial charge is 0.473 e. The molecule has 2 amide bonds. The fourth-order valence-corrected chi connectivity index (χ4v) is 2.77. The minimum atomic E-state index is -0.271. The van der Waals surface area contributed by atoms with Crippen molar-refractivity contribution in [2.24, 2.45) is 0 Å². The summed E-state index contributed by atoms with van der Waals surface area (Å²) in [4.78, 5) is 28.7. The zero-order chi connectivity index (χ0) is 20.1. The Balaban J connectivity index is 1.36. The molecule has 3 aromatic rings. The number of anilines is 1. The van der Waals surface area contributed by atoms with Crippen LogP contribution in [0.25, 0.3) is 0 Å². The van der Waals surface area contributed by atoms with Gasteiger partial charge in [0.05, 0.1) is 0 Å². The predicted molar refractivity (Wildman–Crippen MR) is 110 cm³/mol. The van der Waals surface area contributed by atoms with Gasteiger partial charge in [-0.3, -0.25) is 9.59 Å². The second-order valence-electron chi connectivity index (χ2n) is 6.94. The second-order valence-corrected chi connectivity index (χ2v) is 6.94. The van der Waals surface area contributed by atoms with Gasteiger partial charge in [0, 0.05) is 35.1 Å². The number of pyridine rings is 1. The lowest BCUT2D eigenvalue weighted by Crippen LogP contribution is -2.25. The molecule has 1 aromatic heterocycles. The Morgan fingerprint density at radius 2 is 1.69 bits per heavy atom. The van der Waals surface area contributed by atoms with Crippen LogP contribution >= 0.6 is 0 Å². The molecule has 2 N–H and O–H groups in total. The maximum atomic E-state index is 12.5. The summed E-state index contributed by atoms with van der Waals surface area (Å²) in [5.74, 6) is 0.0282. The molecule has 29 heavy (non-hydrogen) atoms. The van der Waals surface area contributed by atoms with Gasteiger partial charge in [-0.2, -0.15) is 0 Å². The third-order valence-corrected chi connectivity index (χ3v) is 4.54. The van der Waals surface area contributed by atoms with Gasteiger partial charge in [0.1, 0.15) is 6.61 Å². The van der Waals surface area contributed by atoms with Crippen LogP contribution in [0.4, 0.5) is 5.69 Å². The fourth-order valence-electron chi connectivity index (χ4n) is 2.77. The van der Waals surface area contributed by atoms with Gasteiger partial charge >= 0.3 is 0 Å². The predicted octanol–water partition coefficient (Wildman–Crippen LogP) is 3.81. The Morgan fingerprint density at radius 1 is 0.931 bits per heavy atom. The van der Waals surface area contributed by atoms with E-state index in [1.54, 1.807) is 42.6 Å². The zero-order valence-electron chi connectivity index (χ0n) is 15.8. The highest BCUT2D eigenvalue weighted by Crippen LogP contribution is 2.20. The van der Waals surface area contributed by atoms with Crippen LogP contribution in [0.1, 0.15) is 39.1 Å². The molecule has 1 aliphatic rings. The van der Waals surface area contributed by atoms with Crippen molar-refractivity contribution in [3.8, 4) is 5.88 Å². The lowest BCUT2D eigenvalue weighted by atomic mass is 10.2. The van der Waals surface area contributed by atoms with Crippen LogP contribution in [0.2, 0.25) is 0 Å². The Bertz CT molecular complexity index is 999. The first kappa shape index (κ1) is 18.7. The second kappa shape index (κ2) is 8.56. The zero-order valence-corrected chi connectivity index (χ0v) is 15.8. The summed E-state index contributed by atoms with van der Waals surface area (Å²) < 4.78 is 5.68. The Labute approximate surface area is 168 Å². The van der Waals surface area contributed by atoms with Gasteiger partial charge in [0.25, 0.3) is 11.8 Å². The molecule has 4 rings (SSSR count). The van der Waals surface area contributed by atoms with Gasteiger partial charge in [0.2, 0.25) is 5.88 Å². The summed E-state index contributed by atoms with van der Waals surface area (Å²) in [5, 5.41) is 5.76. The van der Waals surface area contributed by atoms with Crippen LogP contribution < -0.4 is 15.4 Å². The maximum absolute atomic E-state index is 12.5. The van der Waals surface area contributed by atoms with Crippen LogP contribution in [-0.4, -0.2) is 22.8 Å². The number of nitrogens with zero attached hydrogens (tertiary/aromatic N) is 1. The van der Waals surface area contributed by atoms with Crippen LogP contribution in [0.5, 0.6) is 5.88 Å². The van der Waals surface area contributed by atoms with E-state index in [0.717, 1.165) is 18.4 Å². The number of nitrogens with one attached hydrogen (secondary N) is 2. The molecule has 146 valence electrons. The van der Waals surface area contributed by atoms with E-state index >= 15 is 0 Å². The summed E-state index contributed by atoms with van der Waals surface area (Å²) in [6, 6.07) is 20.1. The first-order valence-electron chi connectivity index (χ1n) is 9.52. The van der Waals surface area contributed by atoms with Crippen molar-refractivity contribution in [1.29, 1.82) is 0 Å². The van der Waals surface area contributed by atoms with Gasteiger partial charge < -0.3 is 15.4 Å². The van der Waals surface area contributed by atoms with Crippen molar-refractivity contribution < 1.29 is 14.3 Å². The smallest absolute Gasteiger partial charge is 0.255 e. The van der Waals surface area contributed by atoms with Crippen molar-refractivity contribution in [2.75, 3.05) is 5.32 Å². The van der Waals surface area contributed by atoms with Crippen LogP contribution in [0, 0.1) is 0 Å². The topological polar surface area (TPSA) is 80.3 Å². The van der Waals surface area contributed by atoms with Crippen molar-refractivity contribution in [3.05, 3.63) is 89.6 Å². The molecule has 0 radical (unpaired) electrons. The molecule has 0 unspecified atom stereocenters. The number of amides is 2. The molecule has 0 bridgehead atoms. The van der Waals surface area contributed by atoms with E-state index in [0.29, 0.717) is 35.3 Å². The molecule has 0 saturated heterocycles.